The summed E-state index contributed by atoms with van der Waals surface area (Å²) in [6.07, 6.45) is 4.17. The number of hydrogen-bond acceptors (Lipinski definition) is 5. The average Bonchev–Trinajstić information content (AvgIpc) is 3.21. The number of benzene rings is 2. The van der Waals surface area contributed by atoms with E-state index in [1.165, 1.54) is 37.8 Å². The van der Waals surface area contributed by atoms with Gasteiger partial charge in [0.25, 0.3) is 0 Å². The Morgan fingerprint density at radius 3 is 2.63 bits per heavy atom. The molecular formula is C22H19ClO6S. The largest absolute Gasteiger partial charge is 0.495 e. The number of aromatic carboxylic acids is 1. The molecule has 1 unspecified atom stereocenters. The molecule has 1 aromatic heterocycles. The molecule has 3 rings (SSSR count). The second-order valence-corrected chi connectivity index (χ2v) is 9.05. The van der Waals surface area contributed by atoms with E-state index in [0.717, 1.165) is 0 Å². The minimum atomic E-state index is -3.86. The first-order valence-corrected chi connectivity index (χ1v) is 10.9. The van der Waals surface area contributed by atoms with E-state index in [4.69, 9.17) is 20.8 Å². The standard InChI is InChI=1S/C22H19ClO6S/c1-3-11-30(26,27)21(14-5-4-6-16(23)12-14)18-8-7-17(15-9-10-29-13-15)20(28-2)19(18)22(24)25/h3-10,12-13,21H,1,11H2,2H3,(H,24,25). The Morgan fingerprint density at radius 2 is 2.07 bits per heavy atom. The predicted octanol–water partition coefficient (Wildman–Crippen LogP) is 5.00. The molecule has 0 bridgehead atoms. The molecule has 0 saturated carbocycles. The van der Waals surface area contributed by atoms with Crippen molar-refractivity contribution >= 4 is 27.4 Å². The molecule has 0 aliphatic heterocycles. The van der Waals surface area contributed by atoms with Crippen molar-refractivity contribution in [2.75, 3.05) is 12.9 Å². The van der Waals surface area contributed by atoms with Gasteiger partial charge in [0.05, 0.1) is 25.4 Å². The molecule has 0 radical (unpaired) electrons. The van der Waals surface area contributed by atoms with Crippen LogP contribution in [0.2, 0.25) is 5.02 Å². The van der Waals surface area contributed by atoms with E-state index >= 15 is 0 Å². The summed E-state index contributed by atoms with van der Waals surface area (Å²) in [5, 5.41) is 9.07. The van der Waals surface area contributed by atoms with Crippen molar-refractivity contribution in [3.8, 4) is 16.9 Å². The van der Waals surface area contributed by atoms with E-state index in [2.05, 4.69) is 6.58 Å². The van der Waals surface area contributed by atoms with Crippen LogP contribution in [0, 0.1) is 0 Å². The Hall–Kier alpha value is -3.03. The summed E-state index contributed by atoms with van der Waals surface area (Å²) in [6, 6.07) is 11.1. The summed E-state index contributed by atoms with van der Waals surface area (Å²) in [5.41, 5.74) is 1.27. The number of rotatable bonds is 8. The molecule has 0 aliphatic carbocycles. The number of methoxy groups -OCH3 is 1. The smallest absolute Gasteiger partial charge is 0.339 e. The Morgan fingerprint density at radius 1 is 1.30 bits per heavy atom. The fourth-order valence-electron chi connectivity index (χ4n) is 3.40. The molecule has 8 heteroatoms. The van der Waals surface area contributed by atoms with Crippen molar-refractivity contribution in [3.63, 3.8) is 0 Å². The average molecular weight is 447 g/mol. The lowest BCUT2D eigenvalue weighted by Crippen LogP contribution is -2.20. The van der Waals surface area contributed by atoms with E-state index < -0.39 is 21.1 Å². The first-order chi connectivity index (χ1) is 14.3. The van der Waals surface area contributed by atoms with Gasteiger partial charge < -0.3 is 14.3 Å². The highest BCUT2D eigenvalue weighted by molar-refractivity contribution is 7.92. The number of carbonyl (C=O) groups is 1. The van der Waals surface area contributed by atoms with Crippen LogP contribution >= 0.6 is 11.6 Å². The van der Waals surface area contributed by atoms with Crippen LogP contribution in [0.3, 0.4) is 0 Å². The Kier molecular flexibility index (Phi) is 6.34. The van der Waals surface area contributed by atoms with Gasteiger partial charge in [-0.15, -0.1) is 6.58 Å². The molecule has 3 aromatic rings. The van der Waals surface area contributed by atoms with Crippen molar-refractivity contribution in [3.05, 3.63) is 89.4 Å². The van der Waals surface area contributed by atoms with Gasteiger partial charge in [-0.05, 0) is 29.3 Å². The van der Waals surface area contributed by atoms with Gasteiger partial charge in [-0.2, -0.15) is 0 Å². The molecule has 1 atom stereocenters. The highest BCUT2D eigenvalue weighted by Crippen LogP contribution is 2.42. The van der Waals surface area contributed by atoms with Gasteiger partial charge in [0.15, 0.2) is 9.84 Å². The molecule has 0 aliphatic rings. The van der Waals surface area contributed by atoms with E-state index in [1.807, 2.05) is 0 Å². The first-order valence-electron chi connectivity index (χ1n) is 8.84. The second kappa shape index (κ2) is 8.77. The number of halogens is 1. The maximum Gasteiger partial charge on any atom is 0.339 e. The summed E-state index contributed by atoms with van der Waals surface area (Å²) in [5.74, 6) is -1.61. The van der Waals surface area contributed by atoms with Crippen LogP contribution in [0.15, 0.2) is 72.1 Å². The molecule has 0 saturated heterocycles. The quantitative estimate of drug-likeness (QED) is 0.489. The molecule has 1 heterocycles. The molecule has 1 N–H and O–H groups in total. The fourth-order valence-corrected chi connectivity index (χ4v) is 5.27. The summed E-state index contributed by atoms with van der Waals surface area (Å²) < 4.78 is 36.8. The molecular weight excluding hydrogens is 428 g/mol. The van der Waals surface area contributed by atoms with Gasteiger partial charge >= 0.3 is 5.97 Å². The molecule has 156 valence electrons. The zero-order chi connectivity index (χ0) is 21.9. The fraction of sp³-hybridized carbons (Fsp3) is 0.136. The zero-order valence-electron chi connectivity index (χ0n) is 16.0. The van der Waals surface area contributed by atoms with Crippen LogP contribution in [-0.4, -0.2) is 32.4 Å². The summed E-state index contributed by atoms with van der Waals surface area (Å²) in [4.78, 5) is 12.3. The van der Waals surface area contributed by atoms with Crippen LogP contribution in [0.1, 0.15) is 26.7 Å². The summed E-state index contributed by atoms with van der Waals surface area (Å²) >= 11 is 6.09. The topological polar surface area (TPSA) is 93.8 Å². The van der Waals surface area contributed by atoms with Gasteiger partial charge in [-0.1, -0.05) is 41.9 Å². The normalized spacial score (nSPS) is 12.3. The lowest BCUT2D eigenvalue weighted by molar-refractivity contribution is 0.0692. The maximum absolute atomic E-state index is 13.2. The van der Waals surface area contributed by atoms with Gasteiger partial charge in [0, 0.05) is 16.1 Å². The van der Waals surface area contributed by atoms with Crippen LogP contribution < -0.4 is 4.74 Å². The first kappa shape index (κ1) is 21.7. The van der Waals surface area contributed by atoms with Crippen molar-refractivity contribution in [2.45, 2.75) is 5.25 Å². The summed E-state index contributed by atoms with van der Waals surface area (Å²) in [6.45, 7) is 3.52. The highest BCUT2D eigenvalue weighted by Gasteiger charge is 2.34. The van der Waals surface area contributed by atoms with E-state index in [0.29, 0.717) is 21.7 Å². The third-order valence-corrected chi connectivity index (χ3v) is 6.76. The molecule has 0 fully saturated rings. The van der Waals surface area contributed by atoms with Crippen LogP contribution in [-0.2, 0) is 9.84 Å². The van der Waals surface area contributed by atoms with Gasteiger partial charge in [0.1, 0.15) is 16.6 Å². The van der Waals surface area contributed by atoms with Crippen molar-refractivity contribution < 1.29 is 27.5 Å². The molecule has 30 heavy (non-hydrogen) atoms. The molecule has 6 nitrogen and oxygen atoms in total. The number of ether oxygens (including phenoxy) is 1. The van der Waals surface area contributed by atoms with Gasteiger partial charge in [-0.25, -0.2) is 13.2 Å². The van der Waals surface area contributed by atoms with E-state index in [1.54, 1.807) is 30.3 Å². The van der Waals surface area contributed by atoms with Gasteiger partial charge in [0.2, 0.25) is 0 Å². The monoisotopic (exact) mass is 446 g/mol. The van der Waals surface area contributed by atoms with Crippen LogP contribution in [0.5, 0.6) is 5.75 Å². The van der Waals surface area contributed by atoms with Crippen molar-refractivity contribution in [1.82, 2.24) is 0 Å². The highest BCUT2D eigenvalue weighted by atomic mass is 35.5. The minimum Gasteiger partial charge on any atom is -0.495 e. The zero-order valence-corrected chi connectivity index (χ0v) is 17.6. The SMILES string of the molecule is C=CCS(=O)(=O)C(c1cccc(Cl)c1)c1ccc(-c2ccoc2)c(OC)c1C(=O)O. The second-order valence-electron chi connectivity index (χ2n) is 6.48. The Bertz CT molecular complexity index is 1180. The maximum atomic E-state index is 13.2. The third kappa shape index (κ3) is 4.13. The summed E-state index contributed by atoms with van der Waals surface area (Å²) in [7, 11) is -2.52. The molecule has 0 spiro atoms. The number of sulfone groups is 1. The van der Waals surface area contributed by atoms with Gasteiger partial charge in [-0.3, -0.25) is 0 Å². The number of hydrogen-bond donors (Lipinski definition) is 1. The van der Waals surface area contributed by atoms with E-state index in [-0.39, 0.29) is 22.6 Å². The van der Waals surface area contributed by atoms with E-state index in [9.17, 15) is 18.3 Å². The van der Waals surface area contributed by atoms with Crippen LogP contribution in [0.4, 0.5) is 0 Å². The lowest BCUT2D eigenvalue weighted by Gasteiger charge is -2.22. The Balaban J connectivity index is 2.36. The predicted molar refractivity (Wildman–Crippen MR) is 115 cm³/mol. The number of carboxylic acids is 1. The molecule has 2 aromatic carbocycles. The van der Waals surface area contributed by atoms with Crippen molar-refractivity contribution in [1.29, 1.82) is 0 Å². The number of carboxylic acid groups (broad SMARTS) is 1. The van der Waals surface area contributed by atoms with Crippen LogP contribution in [0.25, 0.3) is 11.1 Å². The third-order valence-electron chi connectivity index (χ3n) is 4.58. The number of furan rings is 1. The lowest BCUT2D eigenvalue weighted by atomic mass is 9.94. The molecule has 0 amide bonds. The van der Waals surface area contributed by atoms with Crippen molar-refractivity contribution in [2.24, 2.45) is 0 Å². The Labute approximate surface area is 179 Å². The minimum absolute atomic E-state index is 0.0437.